The molecule has 3 N–H and O–H groups in total. The van der Waals surface area contributed by atoms with Crippen molar-refractivity contribution >= 4 is 15.8 Å². The molecule has 18 heavy (non-hydrogen) atoms. The topological polar surface area (TPSA) is 89.6 Å². The van der Waals surface area contributed by atoms with E-state index in [-0.39, 0.29) is 4.90 Å². The van der Waals surface area contributed by atoms with Crippen molar-refractivity contribution in [3.8, 4) is 11.5 Å². The minimum absolute atomic E-state index is 0.178. The Morgan fingerprint density at radius 2 is 1.67 bits per heavy atom. The van der Waals surface area contributed by atoms with Gasteiger partial charge in [0.15, 0.2) is 0 Å². The van der Waals surface area contributed by atoms with Crippen molar-refractivity contribution < 1.29 is 17.7 Å². The molecule has 0 heterocycles. The van der Waals surface area contributed by atoms with Crippen LogP contribution in [0.1, 0.15) is 0 Å². The van der Waals surface area contributed by atoms with E-state index in [1.807, 2.05) is 0 Å². The van der Waals surface area contributed by atoms with Gasteiger partial charge in [0.1, 0.15) is 11.5 Å². The van der Waals surface area contributed by atoms with Crippen LogP contribution in [0, 0.1) is 0 Å². The summed E-state index contributed by atoms with van der Waals surface area (Å²) in [5, 5.41) is 0. The van der Waals surface area contributed by atoms with E-state index in [0.717, 1.165) is 0 Å². The van der Waals surface area contributed by atoms with E-state index in [1.54, 1.807) is 24.3 Å². The van der Waals surface area contributed by atoms with Crippen LogP contribution in [0.4, 0.5) is 5.69 Å². The molecule has 2 rings (SSSR count). The van der Waals surface area contributed by atoms with Gasteiger partial charge in [0, 0.05) is 11.8 Å². The summed E-state index contributed by atoms with van der Waals surface area (Å²) in [4.78, 5) is -0.178. The lowest BCUT2D eigenvalue weighted by molar-refractivity contribution is 0.478. The van der Waals surface area contributed by atoms with Crippen LogP contribution in [-0.2, 0) is 10.1 Å². The van der Waals surface area contributed by atoms with E-state index in [1.165, 1.54) is 24.3 Å². The Hall–Kier alpha value is -2.05. The molecule has 0 radical (unpaired) electrons. The van der Waals surface area contributed by atoms with Crippen molar-refractivity contribution in [3.05, 3.63) is 48.5 Å². The lowest BCUT2D eigenvalue weighted by atomic mass is 10.3. The second-order valence-corrected chi connectivity index (χ2v) is 5.04. The molecule has 0 fully saturated rings. The monoisotopic (exact) mass is 265 g/mol. The Bertz CT molecular complexity index is 650. The average Bonchev–Trinajstić information content (AvgIpc) is 2.28. The molecular weight excluding hydrogens is 254 g/mol. The zero-order chi connectivity index (χ0) is 13.2. The molecule has 94 valence electrons. The second kappa shape index (κ2) is 4.67. The molecule has 0 aliphatic heterocycles. The summed E-state index contributed by atoms with van der Waals surface area (Å²) in [5.41, 5.74) is 6.17. The SMILES string of the molecule is Nc1cccc(Oc2ccc(S(=O)(=O)O)cc2)c1. The molecule has 0 unspecified atom stereocenters. The molecule has 0 aromatic heterocycles. The maximum Gasteiger partial charge on any atom is 0.294 e. The fourth-order valence-electron chi connectivity index (χ4n) is 1.39. The first-order chi connectivity index (χ1) is 8.45. The molecule has 0 bridgehead atoms. The van der Waals surface area contributed by atoms with Gasteiger partial charge in [-0.15, -0.1) is 0 Å². The zero-order valence-electron chi connectivity index (χ0n) is 9.28. The molecule has 5 nitrogen and oxygen atoms in total. The molecule has 2 aromatic carbocycles. The van der Waals surface area contributed by atoms with Gasteiger partial charge in [0.25, 0.3) is 10.1 Å². The van der Waals surface area contributed by atoms with Gasteiger partial charge in [0.2, 0.25) is 0 Å². The van der Waals surface area contributed by atoms with Crippen molar-refractivity contribution in [2.45, 2.75) is 4.90 Å². The Morgan fingerprint density at radius 3 is 2.22 bits per heavy atom. The molecule has 0 aliphatic rings. The maximum atomic E-state index is 10.8. The number of rotatable bonds is 3. The van der Waals surface area contributed by atoms with Crippen molar-refractivity contribution in [2.24, 2.45) is 0 Å². The van der Waals surface area contributed by atoms with Crippen LogP contribution in [0.2, 0.25) is 0 Å². The molecule has 0 atom stereocenters. The third kappa shape index (κ3) is 2.99. The molecule has 2 aromatic rings. The smallest absolute Gasteiger partial charge is 0.294 e. The van der Waals surface area contributed by atoms with Gasteiger partial charge in [-0.25, -0.2) is 0 Å². The van der Waals surface area contributed by atoms with Crippen molar-refractivity contribution in [1.82, 2.24) is 0 Å². The summed E-state index contributed by atoms with van der Waals surface area (Å²) in [6, 6.07) is 12.3. The molecule has 0 amide bonds. The van der Waals surface area contributed by atoms with Crippen molar-refractivity contribution in [1.29, 1.82) is 0 Å². The highest BCUT2D eigenvalue weighted by Crippen LogP contribution is 2.24. The minimum Gasteiger partial charge on any atom is -0.457 e. The number of anilines is 1. The Labute approximate surface area is 105 Å². The average molecular weight is 265 g/mol. The van der Waals surface area contributed by atoms with E-state index in [4.69, 9.17) is 15.0 Å². The first-order valence-corrected chi connectivity index (χ1v) is 6.50. The van der Waals surface area contributed by atoms with Crippen LogP contribution in [0.15, 0.2) is 53.4 Å². The summed E-state index contributed by atoms with van der Waals surface area (Å²) in [6.45, 7) is 0. The Morgan fingerprint density at radius 1 is 1.00 bits per heavy atom. The van der Waals surface area contributed by atoms with Crippen molar-refractivity contribution in [3.63, 3.8) is 0 Å². The second-order valence-electron chi connectivity index (χ2n) is 3.62. The summed E-state index contributed by atoms with van der Waals surface area (Å²) >= 11 is 0. The fraction of sp³-hybridized carbons (Fsp3) is 0. The molecule has 6 heteroatoms. The predicted octanol–water partition coefficient (Wildman–Crippen LogP) is 2.31. The summed E-state index contributed by atoms with van der Waals surface area (Å²) < 4.78 is 36.0. The first kappa shape index (κ1) is 12.4. The van der Waals surface area contributed by atoms with Crippen molar-refractivity contribution in [2.75, 3.05) is 5.73 Å². The van der Waals surface area contributed by atoms with Crippen LogP contribution >= 0.6 is 0 Å². The predicted molar refractivity (Wildman–Crippen MR) is 67.2 cm³/mol. The fourth-order valence-corrected chi connectivity index (χ4v) is 1.87. The zero-order valence-corrected chi connectivity index (χ0v) is 10.1. The van der Waals surface area contributed by atoms with Gasteiger partial charge in [-0.1, -0.05) is 6.07 Å². The van der Waals surface area contributed by atoms with E-state index in [2.05, 4.69) is 0 Å². The number of nitrogens with two attached hydrogens (primary N) is 1. The molecule has 0 saturated carbocycles. The quantitative estimate of drug-likeness (QED) is 0.656. The molecular formula is C12H11NO4S. The van der Waals surface area contributed by atoms with Crippen LogP contribution in [0.3, 0.4) is 0 Å². The van der Waals surface area contributed by atoms with E-state index >= 15 is 0 Å². The van der Waals surface area contributed by atoms with Gasteiger partial charge in [-0.2, -0.15) is 8.42 Å². The maximum absolute atomic E-state index is 10.8. The highest BCUT2D eigenvalue weighted by molar-refractivity contribution is 7.85. The van der Waals surface area contributed by atoms with Crippen LogP contribution < -0.4 is 10.5 Å². The van der Waals surface area contributed by atoms with Gasteiger partial charge in [-0.3, -0.25) is 4.55 Å². The van der Waals surface area contributed by atoms with Gasteiger partial charge in [0.05, 0.1) is 4.90 Å². The van der Waals surface area contributed by atoms with E-state index < -0.39 is 10.1 Å². The highest BCUT2D eigenvalue weighted by Gasteiger charge is 2.08. The first-order valence-electron chi connectivity index (χ1n) is 5.06. The van der Waals surface area contributed by atoms with Gasteiger partial charge in [-0.05, 0) is 36.4 Å². The number of hydrogen-bond acceptors (Lipinski definition) is 4. The number of benzene rings is 2. The lowest BCUT2D eigenvalue weighted by Gasteiger charge is -2.06. The Balaban J connectivity index is 2.21. The van der Waals surface area contributed by atoms with Crippen LogP contribution in [0.25, 0.3) is 0 Å². The largest absolute Gasteiger partial charge is 0.457 e. The number of nitrogen functional groups attached to an aromatic ring is 1. The standard InChI is InChI=1S/C12H11NO4S/c13-9-2-1-3-11(8-9)17-10-4-6-12(7-5-10)18(14,15)16/h1-8H,13H2,(H,14,15,16). The normalized spacial score (nSPS) is 11.2. The summed E-state index contributed by atoms with van der Waals surface area (Å²) in [6.07, 6.45) is 0. The minimum atomic E-state index is -4.17. The molecule has 0 aliphatic carbocycles. The highest BCUT2D eigenvalue weighted by atomic mass is 32.2. The third-order valence-electron chi connectivity index (χ3n) is 2.22. The Kier molecular flexibility index (Phi) is 3.22. The lowest BCUT2D eigenvalue weighted by Crippen LogP contribution is -1.97. The number of hydrogen-bond donors (Lipinski definition) is 2. The van der Waals surface area contributed by atoms with Gasteiger partial charge < -0.3 is 10.5 Å². The number of ether oxygens (including phenoxy) is 1. The molecule has 0 spiro atoms. The van der Waals surface area contributed by atoms with Crippen LogP contribution in [0.5, 0.6) is 11.5 Å². The van der Waals surface area contributed by atoms with E-state index in [9.17, 15) is 8.42 Å². The van der Waals surface area contributed by atoms with Crippen LogP contribution in [-0.4, -0.2) is 13.0 Å². The van der Waals surface area contributed by atoms with E-state index in [0.29, 0.717) is 17.2 Å². The summed E-state index contributed by atoms with van der Waals surface area (Å²) in [5.74, 6) is 1.00. The third-order valence-corrected chi connectivity index (χ3v) is 3.08. The molecule has 0 saturated heterocycles. The van der Waals surface area contributed by atoms with Gasteiger partial charge >= 0.3 is 0 Å². The summed E-state index contributed by atoms with van der Waals surface area (Å²) in [7, 11) is -4.17.